The number of halogens is 1. The second-order valence-corrected chi connectivity index (χ2v) is 7.89. The van der Waals surface area contributed by atoms with E-state index < -0.39 is 9.84 Å². The van der Waals surface area contributed by atoms with Crippen molar-refractivity contribution in [3.05, 3.63) is 77.3 Å². The average Bonchev–Trinajstić information content (AvgIpc) is 2.56. The molecule has 0 saturated carbocycles. The van der Waals surface area contributed by atoms with Crippen LogP contribution in [0.15, 0.2) is 87.1 Å². The minimum absolute atomic E-state index is 0.0201. The molecule has 0 aliphatic carbocycles. The molecule has 0 radical (unpaired) electrons. The van der Waals surface area contributed by atoms with Crippen LogP contribution in [-0.2, 0) is 9.84 Å². The minimum Gasteiger partial charge on any atom is -0.508 e. The number of hydrogen-bond donors (Lipinski definition) is 1. The lowest BCUT2D eigenvalue weighted by molar-refractivity contribution is 0.475. The molecule has 1 N–H and O–H groups in total. The lowest BCUT2D eigenvalue weighted by Gasteiger charge is -2.08. The van der Waals surface area contributed by atoms with Crippen molar-refractivity contribution < 1.29 is 18.3 Å². The van der Waals surface area contributed by atoms with Crippen LogP contribution in [0.2, 0.25) is 0 Å². The highest BCUT2D eigenvalue weighted by Crippen LogP contribution is 2.27. The van der Waals surface area contributed by atoms with Crippen LogP contribution in [0.4, 0.5) is 0 Å². The van der Waals surface area contributed by atoms with Gasteiger partial charge in [-0.25, -0.2) is 8.42 Å². The van der Waals surface area contributed by atoms with Crippen LogP contribution in [0.3, 0.4) is 0 Å². The first-order chi connectivity index (χ1) is 11.4. The third-order valence-corrected chi connectivity index (χ3v) is 5.59. The molecule has 0 aromatic heterocycles. The van der Waals surface area contributed by atoms with E-state index in [1.54, 1.807) is 12.1 Å². The number of phenols is 1. The van der Waals surface area contributed by atoms with Crippen molar-refractivity contribution in [2.24, 2.45) is 0 Å². The van der Waals surface area contributed by atoms with Crippen molar-refractivity contribution in [1.29, 1.82) is 0 Å². The van der Waals surface area contributed by atoms with Crippen LogP contribution in [-0.4, -0.2) is 13.5 Å². The Morgan fingerprint density at radius 2 is 1.38 bits per heavy atom. The molecule has 0 unspecified atom stereocenters. The maximum Gasteiger partial charge on any atom is 0.206 e. The first-order valence-corrected chi connectivity index (χ1v) is 9.30. The van der Waals surface area contributed by atoms with Gasteiger partial charge in [0.1, 0.15) is 17.2 Å². The van der Waals surface area contributed by atoms with Gasteiger partial charge in [0.2, 0.25) is 9.84 Å². The van der Waals surface area contributed by atoms with Gasteiger partial charge >= 0.3 is 0 Å². The summed E-state index contributed by atoms with van der Waals surface area (Å²) in [5.41, 5.74) is 0. The van der Waals surface area contributed by atoms with Gasteiger partial charge in [-0.2, -0.15) is 0 Å². The summed E-state index contributed by atoms with van der Waals surface area (Å²) in [7, 11) is -3.63. The summed E-state index contributed by atoms with van der Waals surface area (Å²) in [4.78, 5) is 0.288. The molecule has 6 heteroatoms. The highest BCUT2D eigenvalue weighted by molar-refractivity contribution is 9.10. The van der Waals surface area contributed by atoms with Crippen LogP contribution in [0.5, 0.6) is 17.2 Å². The number of sulfone groups is 1. The van der Waals surface area contributed by atoms with Crippen molar-refractivity contribution in [2.75, 3.05) is 0 Å². The zero-order valence-electron chi connectivity index (χ0n) is 12.4. The van der Waals surface area contributed by atoms with Crippen LogP contribution in [0.1, 0.15) is 0 Å². The van der Waals surface area contributed by atoms with Crippen molar-refractivity contribution >= 4 is 25.8 Å². The third-order valence-electron chi connectivity index (χ3n) is 3.31. The largest absolute Gasteiger partial charge is 0.508 e. The lowest BCUT2D eigenvalue weighted by Crippen LogP contribution is -2.01. The topological polar surface area (TPSA) is 63.6 Å². The van der Waals surface area contributed by atoms with Gasteiger partial charge < -0.3 is 9.84 Å². The Kier molecular flexibility index (Phi) is 4.59. The summed E-state index contributed by atoms with van der Waals surface area (Å²) in [5, 5.41) is 9.27. The molecule has 0 aliphatic rings. The van der Waals surface area contributed by atoms with Crippen LogP contribution in [0.25, 0.3) is 0 Å². The summed E-state index contributed by atoms with van der Waals surface area (Å²) >= 11 is 3.37. The van der Waals surface area contributed by atoms with E-state index in [4.69, 9.17) is 4.74 Å². The van der Waals surface area contributed by atoms with E-state index in [-0.39, 0.29) is 15.5 Å². The molecule has 0 bridgehead atoms. The Balaban J connectivity index is 1.85. The highest BCUT2D eigenvalue weighted by Gasteiger charge is 2.17. The third kappa shape index (κ3) is 3.60. The summed E-state index contributed by atoms with van der Waals surface area (Å²) in [6.45, 7) is 0. The quantitative estimate of drug-likeness (QED) is 0.679. The normalized spacial score (nSPS) is 11.2. The van der Waals surface area contributed by atoms with Gasteiger partial charge in [-0.1, -0.05) is 22.0 Å². The molecule has 3 aromatic carbocycles. The van der Waals surface area contributed by atoms with Gasteiger partial charge in [-0.05, 0) is 66.7 Å². The average molecular weight is 405 g/mol. The van der Waals surface area contributed by atoms with Gasteiger partial charge in [0, 0.05) is 4.47 Å². The molecule has 122 valence electrons. The number of rotatable bonds is 4. The summed E-state index contributed by atoms with van der Waals surface area (Å²) in [5.74, 6) is 1.21. The van der Waals surface area contributed by atoms with Crippen LogP contribution in [0, 0.1) is 0 Å². The predicted octanol–water partition coefficient (Wildman–Crippen LogP) is 4.78. The fourth-order valence-electron chi connectivity index (χ4n) is 2.11. The molecular formula is C18H13BrO4S. The molecule has 0 saturated heterocycles. The van der Waals surface area contributed by atoms with Gasteiger partial charge in [0.25, 0.3) is 0 Å². The second-order valence-electron chi connectivity index (χ2n) is 5.03. The van der Waals surface area contributed by atoms with E-state index in [0.717, 1.165) is 4.47 Å². The Bertz CT molecular complexity index is 949. The SMILES string of the molecule is O=S(=O)(c1ccc(O)cc1)c1ccc(Oc2cccc(Br)c2)cc1. The maximum absolute atomic E-state index is 12.5. The zero-order valence-corrected chi connectivity index (χ0v) is 14.8. The van der Waals surface area contributed by atoms with Gasteiger partial charge in [-0.3, -0.25) is 0 Å². The van der Waals surface area contributed by atoms with E-state index in [1.165, 1.54) is 36.4 Å². The molecule has 3 aromatic rings. The molecule has 24 heavy (non-hydrogen) atoms. The van der Waals surface area contributed by atoms with E-state index in [2.05, 4.69) is 15.9 Å². The maximum atomic E-state index is 12.5. The molecule has 0 heterocycles. The molecule has 0 aliphatic heterocycles. The number of hydrogen-bond acceptors (Lipinski definition) is 4. The molecule has 0 spiro atoms. The molecular weight excluding hydrogens is 392 g/mol. The first-order valence-electron chi connectivity index (χ1n) is 7.03. The van der Waals surface area contributed by atoms with Crippen molar-refractivity contribution in [3.8, 4) is 17.2 Å². The standard InChI is InChI=1S/C18H13BrO4S/c19-13-2-1-3-16(12-13)23-15-6-10-18(11-7-15)24(21,22)17-8-4-14(20)5-9-17/h1-12,20H. The fraction of sp³-hybridized carbons (Fsp3) is 0. The fourth-order valence-corrected chi connectivity index (χ4v) is 3.75. The van der Waals surface area contributed by atoms with Crippen molar-refractivity contribution in [1.82, 2.24) is 0 Å². The summed E-state index contributed by atoms with van der Waals surface area (Å²) in [6, 6.07) is 19.0. The minimum atomic E-state index is -3.63. The Labute approximate surface area is 148 Å². The molecule has 4 nitrogen and oxygen atoms in total. The van der Waals surface area contributed by atoms with Crippen LogP contribution < -0.4 is 4.74 Å². The summed E-state index contributed by atoms with van der Waals surface area (Å²) in [6.07, 6.45) is 0. The number of phenolic OH excluding ortho intramolecular Hbond substituents is 1. The monoisotopic (exact) mass is 404 g/mol. The van der Waals surface area contributed by atoms with E-state index in [0.29, 0.717) is 11.5 Å². The lowest BCUT2D eigenvalue weighted by atomic mass is 10.3. The molecule has 3 rings (SSSR count). The van der Waals surface area contributed by atoms with Gasteiger partial charge in [0.05, 0.1) is 9.79 Å². The van der Waals surface area contributed by atoms with E-state index in [1.807, 2.05) is 24.3 Å². The molecule has 0 atom stereocenters. The first kappa shape index (κ1) is 16.5. The Hall–Kier alpha value is -2.31. The van der Waals surface area contributed by atoms with E-state index >= 15 is 0 Å². The van der Waals surface area contributed by atoms with Crippen molar-refractivity contribution in [3.63, 3.8) is 0 Å². The smallest absolute Gasteiger partial charge is 0.206 e. The second kappa shape index (κ2) is 6.67. The zero-order chi connectivity index (χ0) is 17.2. The number of ether oxygens (including phenoxy) is 1. The Morgan fingerprint density at radius 1 is 0.792 bits per heavy atom. The predicted molar refractivity (Wildman–Crippen MR) is 94.2 cm³/mol. The van der Waals surface area contributed by atoms with Crippen LogP contribution >= 0.6 is 15.9 Å². The number of aromatic hydroxyl groups is 1. The van der Waals surface area contributed by atoms with Gasteiger partial charge in [0.15, 0.2) is 0 Å². The van der Waals surface area contributed by atoms with E-state index in [9.17, 15) is 13.5 Å². The Morgan fingerprint density at radius 3 is 1.96 bits per heavy atom. The summed E-state index contributed by atoms with van der Waals surface area (Å²) < 4.78 is 31.6. The molecule has 0 fully saturated rings. The van der Waals surface area contributed by atoms with Crippen molar-refractivity contribution in [2.45, 2.75) is 9.79 Å². The molecule has 0 amide bonds. The number of benzene rings is 3. The highest BCUT2D eigenvalue weighted by atomic mass is 79.9. The van der Waals surface area contributed by atoms with Gasteiger partial charge in [-0.15, -0.1) is 0 Å².